The molecule has 3 aromatic rings. The van der Waals surface area contributed by atoms with E-state index in [1.165, 1.54) is 0 Å². The molecule has 0 spiro atoms. The fraction of sp³-hybridized carbons (Fsp3) is 0.355. The lowest BCUT2D eigenvalue weighted by Gasteiger charge is -2.27. The number of halogens is 2. The van der Waals surface area contributed by atoms with E-state index in [-0.39, 0.29) is 17.9 Å². The van der Waals surface area contributed by atoms with Crippen molar-refractivity contribution in [3.63, 3.8) is 0 Å². The van der Waals surface area contributed by atoms with Gasteiger partial charge in [0.2, 0.25) is 0 Å². The van der Waals surface area contributed by atoms with Crippen molar-refractivity contribution in [1.82, 2.24) is 4.90 Å². The van der Waals surface area contributed by atoms with E-state index >= 15 is 0 Å². The number of nitrogens with zero attached hydrogens (tertiary/aromatic N) is 1. The summed E-state index contributed by atoms with van der Waals surface area (Å²) in [6, 6.07) is 20.9. The van der Waals surface area contributed by atoms with Crippen LogP contribution in [0.1, 0.15) is 62.4 Å². The second-order valence-electron chi connectivity index (χ2n) is 9.34. The SMILES string of the molecule is CCOC(=O)CCCCCOc1cccc(CN(C(=O)c2ccc(-c3ccc(Cl)c(Cl)c3)cc2)C(C)C)c1. The van der Waals surface area contributed by atoms with Crippen molar-refractivity contribution in [1.29, 1.82) is 0 Å². The van der Waals surface area contributed by atoms with Gasteiger partial charge < -0.3 is 14.4 Å². The lowest BCUT2D eigenvalue weighted by atomic mass is 10.0. The summed E-state index contributed by atoms with van der Waals surface area (Å²) in [5.74, 6) is 0.594. The van der Waals surface area contributed by atoms with Crippen LogP contribution < -0.4 is 4.74 Å². The molecule has 0 radical (unpaired) electrons. The monoisotopic (exact) mass is 555 g/mol. The predicted octanol–water partition coefficient (Wildman–Crippen LogP) is 8.21. The molecule has 5 nitrogen and oxygen atoms in total. The Labute approximate surface area is 235 Å². The van der Waals surface area contributed by atoms with E-state index < -0.39 is 0 Å². The van der Waals surface area contributed by atoms with Gasteiger partial charge in [-0.15, -0.1) is 0 Å². The van der Waals surface area contributed by atoms with Gasteiger partial charge in [0.15, 0.2) is 0 Å². The topological polar surface area (TPSA) is 55.8 Å². The Bertz CT molecular complexity index is 1210. The normalized spacial score (nSPS) is 10.9. The van der Waals surface area contributed by atoms with Gasteiger partial charge >= 0.3 is 5.97 Å². The van der Waals surface area contributed by atoms with E-state index in [2.05, 4.69) is 0 Å². The van der Waals surface area contributed by atoms with Crippen LogP contribution in [0, 0.1) is 0 Å². The molecule has 0 saturated heterocycles. The number of amides is 1. The maximum atomic E-state index is 13.4. The third-order valence-corrected chi connectivity index (χ3v) is 6.86. The molecule has 0 N–H and O–H groups in total. The lowest BCUT2D eigenvalue weighted by molar-refractivity contribution is -0.143. The Balaban J connectivity index is 1.57. The summed E-state index contributed by atoms with van der Waals surface area (Å²) in [5, 5.41) is 1.01. The van der Waals surface area contributed by atoms with Crippen LogP contribution in [-0.2, 0) is 16.1 Å². The van der Waals surface area contributed by atoms with Gasteiger partial charge in [-0.3, -0.25) is 9.59 Å². The fourth-order valence-electron chi connectivity index (χ4n) is 4.04. The highest BCUT2D eigenvalue weighted by atomic mass is 35.5. The van der Waals surface area contributed by atoms with Gasteiger partial charge in [0, 0.05) is 24.6 Å². The van der Waals surface area contributed by atoms with Crippen molar-refractivity contribution in [2.45, 2.75) is 59.0 Å². The Kier molecular flexibility index (Phi) is 11.5. The summed E-state index contributed by atoms with van der Waals surface area (Å²) in [5.41, 5.74) is 3.52. The van der Waals surface area contributed by atoms with Crippen LogP contribution in [0.2, 0.25) is 10.0 Å². The third kappa shape index (κ3) is 8.78. The molecule has 0 aromatic heterocycles. The van der Waals surface area contributed by atoms with Crippen molar-refractivity contribution >= 4 is 35.1 Å². The highest BCUT2D eigenvalue weighted by molar-refractivity contribution is 6.42. The zero-order valence-electron chi connectivity index (χ0n) is 22.2. The maximum absolute atomic E-state index is 13.4. The van der Waals surface area contributed by atoms with Crippen LogP contribution >= 0.6 is 23.2 Å². The Morgan fingerprint density at radius 1 is 0.868 bits per heavy atom. The molecule has 38 heavy (non-hydrogen) atoms. The molecule has 0 fully saturated rings. The average Bonchev–Trinajstić information content (AvgIpc) is 2.91. The van der Waals surface area contributed by atoms with E-state index in [1.54, 1.807) is 6.07 Å². The highest BCUT2D eigenvalue weighted by Crippen LogP contribution is 2.29. The summed E-state index contributed by atoms with van der Waals surface area (Å²) in [7, 11) is 0. The number of hydrogen-bond donors (Lipinski definition) is 0. The first-order chi connectivity index (χ1) is 18.3. The van der Waals surface area contributed by atoms with Crippen molar-refractivity contribution in [3.05, 3.63) is 87.9 Å². The molecule has 202 valence electrons. The molecular weight excluding hydrogens is 521 g/mol. The number of unbranched alkanes of at least 4 members (excludes halogenated alkanes) is 2. The molecule has 0 aliphatic heterocycles. The number of rotatable bonds is 13. The third-order valence-electron chi connectivity index (χ3n) is 6.12. The van der Waals surface area contributed by atoms with Crippen LogP contribution in [0.4, 0.5) is 0 Å². The molecule has 0 aliphatic rings. The first kappa shape index (κ1) is 29.5. The molecule has 7 heteroatoms. The molecule has 0 bridgehead atoms. The molecule has 0 unspecified atom stereocenters. The van der Waals surface area contributed by atoms with Gasteiger partial charge in [-0.25, -0.2) is 0 Å². The van der Waals surface area contributed by atoms with Crippen molar-refractivity contribution < 1.29 is 19.1 Å². The smallest absolute Gasteiger partial charge is 0.305 e. The zero-order chi connectivity index (χ0) is 27.5. The van der Waals surface area contributed by atoms with Crippen molar-refractivity contribution in [3.8, 4) is 16.9 Å². The second-order valence-corrected chi connectivity index (χ2v) is 10.2. The van der Waals surface area contributed by atoms with Gasteiger partial charge in [-0.05, 0) is 93.1 Å². The zero-order valence-corrected chi connectivity index (χ0v) is 23.7. The number of ether oxygens (including phenoxy) is 2. The maximum Gasteiger partial charge on any atom is 0.305 e. The minimum Gasteiger partial charge on any atom is -0.494 e. The lowest BCUT2D eigenvalue weighted by Crippen LogP contribution is -2.36. The van der Waals surface area contributed by atoms with Crippen LogP contribution in [0.5, 0.6) is 5.75 Å². The predicted molar refractivity (Wildman–Crippen MR) is 154 cm³/mol. The van der Waals surface area contributed by atoms with Gasteiger partial charge in [0.1, 0.15) is 5.75 Å². The van der Waals surface area contributed by atoms with E-state index in [0.717, 1.165) is 41.7 Å². The van der Waals surface area contributed by atoms with E-state index in [4.69, 9.17) is 32.7 Å². The van der Waals surface area contributed by atoms with E-state index in [1.807, 2.05) is 86.3 Å². The number of carbonyl (C=O) groups is 2. The van der Waals surface area contributed by atoms with E-state index in [0.29, 0.717) is 41.8 Å². The van der Waals surface area contributed by atoms with E-state index in [9.17, 15) is 9.59 Å². The second kappa shape index (κ2) is 14.8. The molecule has 0 aliphatic carbocycles. The standard InChI is InChI=1S/C31H35Cl2NO4/c1-4-37-30(35)11-6-5-7-18-38-27-10-8-9-23(19-27)21-34(22(2)3)31(36)25-14-12-24(13-15-25)26-16-17-28(32)29(33)20-26/h8-10,12-17,19-20,22H,4-7,11,18,21H2,1-3H3. The van der Waals surface area contributed by atoms with Crippen LogP contribution in [-0.4, -0.2) is 36.0 Å². The number of hydrogen-bond acceptors (Lipinski definition) is 4. The molecule has 0 heterocycles. The van der Waals surface area contributed by atoms with Crippen molar-refractivity contribution in [2.75, 3.05) is 13.2 Å². The first-order valence-corrected chi connectivity index (χ1v) is 13.8. The number of benzene rings is 3. The van der Waals surface area contributed by atoms with Crippen LogP contribution in [0.25, 0.3) is 11.1 Å². The Morgan fingerprint density at radius 2 is 1.61 bits per heavy atom. The summed E-state index contributed by atoms with van der Waals surface area (Å²) in [6.45, 7) is 7.31. The molecule has 3 rings (SSSR count). The van der Waals surface area contributed by atoms with Crippen molar-refractivity contribution in [2.24, 2.45) is 0 Å². The van der Waals surface area contributed by atoms with Crippen LogP contribution in [0.15, 0.2) is 66.7 Å². The number of carbonyl (C=O) groups excluding carboxylic acids is 2. The molecule has 1 amide bonds. The van der Waals surface area contributed by atoms with Gasteiger partial charge in [0.05, 0.1) is 23.3 Å². The molecular formula is C31H35Cl2NO4. The molecule has 0 saturated carbocycles. The Morgan fingerprint density at radius 3 is 2.29 bits per heavy atom. The summed E-state index contributed by atoms with van der Waals surface area (Å²) >= 11 is 12.2. The summed E-state index contributed by atoms with van der Waals surface area (Å²) in [6.07, 6.45) is 3.00. The summed E-state index contributed by atoms with van der Waals surface area (Å²) < 4.78 is 10.9. The van der Waals surface area contributed by atoms with Gasteiger partial charge in [0.25, 0.3) is 5.91 Å². The summed E-state index contributed by atoms with van der Waals surface area (Å²) in [4.78, 5) is 26.7. The van der Waals surface area contributed by atoms with Gasteiger partial charge in [-0.1, -0.05) is 53.5 Å². The van der Waals surface area contributed by atoms with Gasteiger partial charge in [-0.2, -0.15) is 0 Å². The fourth-order valence-corrected chi connectivity index (χ4v) is 4.34. The first-order valence-electron chi connectivity index (χ1n) is 13.0. The highest BCUT2D eigenvalue weighted by Gasteiger charge is 2.19. The van der Waals surface area contributed by atoms with Crippen LogP contribution in [0.3, 0.4) is 0 Å². The number of esters is 1. The molecule has 0 atom stereocenters. The largest absolute Gasteiger partial charge is 0.494 e. The quantitative estimate of drug-likeness (QED) is 0.157. The molecule has 3 aromatic carbocycles. The minimum absolute atomic E-state index is 0.0150. The average molecular weight is 557 g/mol. The minimum atomic E-state index is -0.146. The Hall–Kier alpha value is -3.02.